The van der Waals surface area contributed by atoms with Gasteiger partial charge in [0.15, 0.2) is 5.78 Å². The van der Waals surface area contributed by atoms with Crippen LogP contribution in [0.25, 0.3) is 0 Å². The molecule has 1 aliphatic rings. The Balaban J connectivity index is 2.27. The lowest BCUT2D eigenvalue weighted by Gasteiger charge is -2.18. The Morgan fingerprint density at radius 2 is 1.79 bits per heavy atom. The Hall–Kier alpha value is -1.84. The third-order valence-corrected chi connectivity index (χ3v) is 3.53. The van der Waals surface area contributed by atoms with Crippen LogP contribution in [0.5, 0.6) is 5.75 Å². The summed E-state index contributed by atoms with van der Waals surface area (Å²) in [6, 6.07) is 3.82. The molecule has 0 heterocycles. The predicted molar refractivity (Wildman–Crippen MR) is 70.8 cm³/mol. The van der Waals surface area contributed by atoms with Crippen molar-refractivity contribution in [1.82, 2.24) is 0 Å². The molecule has 0 unspecified atom stereocenters. The molecule has 1 aliphatic carbocycles. The summed E-state index contributed by atoms with van der Waals surface area (Å²) < 4.78 is 5.27. The van der Waals surface area contributed by atoms with Gasteiger partial charge in [-0.15, -0.1) is 0 Å². The van der Waals surface area contributed by atoms with Gasteiger partial charge in [0.1, 0.15) is 5.75 Å². The molecular weight excluding hydrogens is 244 g/mol. The van der Waals surface area contributed by atoms with E-state index in [0.29, 0.717) is 11.3 Å². The van der Waals surface area contributed by atoms with Crippen LogP contribution in [0.1, 0.15) is 47.2 Å². The minimum Gasteiger partial charge on any atom is -0.496 e. The standard InChI is InChI=1S/C15H18O4/c1-19-14-9-11-5-3-2-4-10(11)8-12(14)13(16)6-7-15(17)18/h8-9H,2-7H2,1H3,(H,17,18). The number of carbonyl (C=O) groups is 2. The Kier molecular flexibility index (Phi) is 4.20. The summed E-state index contributed by atoms with van der Waals surface area (Å²) in [4.78, 5) is 22.6. The van der Waals surface area contributed by atoms with Gasteiger partial charge in [0.2, 0.25) is 0 Å². The predicted octanol–water partition coefficient (Wildman–Crippen LogP) is 2.62. The van der Waals surface area contributed by atoms with Crippen LogP contribution in [0.4, 0.5) is 0 Å². The average molecular weight is 262 g/mol. The van der Waals surface area contributed by atoms with Crippen molar-refractivity contribution in [3.63, 3.8) is 0 Å². The van der Waals surface area contributed by atoms with Crippen molar-refractivity contribution in [3.8, 4) is 5.75 Å². The van der Waals surface area contributed by atoms with Gasteiger partial charge in [0.25, 0.3) is 0 Å². The number of ketones is 1. The number of carboxylic acid groups (broad SMARTS) is 1. The summed E-state index contributed by atoms with van der Waals surface area (Å²) in [7, 11) is 1.54. The molecule has 19 heavy (non-hydrogen) atoms. The van der Waals surface area contributed by atoms with Gasteiger partial charge in [-0.1, -0.05) is 0 Å². The summed E-state index contributed by atoms with van der Waals surface area (Å²) in [5.41, 5.74) is 2.97. The molecule has 1 aromatic rings. The van der Waals surface area contributed by atoms with Gasteiger partial charge in [-0.05, 0) is 48.9 Å². The first kappa shape index (κ1) is 13.6. The first-order valence-electron chi connectivity index (χ1n) is 6.56. The third kappa shape index (κ3) is 3.13. The fraction of sp³-hybridized carbons (Fsp3) is 0.467. The van der Waals surface area contributed by atoms with Crippen molar-refractivity contribution in [2.24, 2.45) is 0 Å². The Bertz CT molecular complexity index is 505. The van der Waals surface area contributed by atoms with Gasteiger partial charge in [0, 0.05) is 6.42 Å². The van der Waals surface area contributed by atoms with Crippen molar-refractivity contribution < 1.29 is 19.4 Å². The van der Waals surface area contributed by atoms with E-state index < -0.39 is 5.97 Å². The zero-order valence-electron chi connectivity index (χ0n) is 11.1. The van der Waals surface area contributed by atoms with E-state index in [0.717, 1.165) is 19.3 Å². The van der Waals surface area contributed by atoms with Crippen LogP contribution in [0.15, 0.2) is 12.1 Å². The highest BCUT2D eigenvalue weighted by molar-refractivity contribution is 6.00. The molecular formula is C15H18O4. The molecule has 0 fully saturated rings. The zero-order chi connectivity index (χ0) is 13.8. The number of hydrogen-bond acceptors (Lipinski definition) is 3. The summed E-state index contributed by atoms with van der Waals surface area (Å²) >= 11 is 0. The number of Topliss-reactive ketones (excluding diaryl/α,β-unsaturated/α-hetero) is 1. The minimum absolute atomic E-state index is 0.0183. The van der Waals surface area contributed by atoms with Gasteiger partial charge >= 0.3 is 5.97 Å². The lowest BCUT2D eigenvalue weighted by atomic mass is 9.88. The van der Waals surface area contributed by atoms with Crippen LogP contribution in [0.3, 0.4) is 0 Å². The summed E-state index contributed by atoms with van der Waals surface area (Å²) in [5.74, 6) is -0.547. The van der Waals surface area contributed by atoms with E-state index in [4.69, 9.17) is 9.84 Å². The number of methoxy groups -OCH3 is 1. The van der Waals surface area contributed by atoms with Crippen molar-refractivity contribution >= 4 is 11.8 Å². The van der Waals surface area contributed by atoms with E-state index in [1.54, 1.807) is 7.11 Å². The van der Waals surface area contributed by atoms with E-state index >= 15 is 0 Å². The number of carboxylic acids is 1. The highest BCUT2D eigenvalue weighted by Crippen LogP contribution is 2.30. The first-order chi connectivity index (χ1) is 9.11. The van der Waals surface area contributed by atoms with E-state index in [-0.39, 0.29) is 18.6 Å². The van der Waals surface area contributed by atoms with Crippen molar-refractivity contribution in [3.05, 3.63) is 28.8 Å². The number of carbonyl (C=O) groups excluding carboxylic acids is 1. The largest absolute Gasteiger partial charge is 0.496 e. The van der Waals surface area contributed by atoms with E-state index in [9.17, 15) is 9.59 Å². The SMILES string of the molecule is COc1cc2c(cc1C(=O)CCC(=O)O)CCCC2. The van der Waals surface area contributed by atoms with E-state index in [2.05, 4.69) is 0 Å². The smallest absolute Gasteiger partial charge is 0.303 e. The monoisotopic (exact) mass is 262 g/mol. The molecule has 2 rings (SSSR count). The highest BCUT2D eigenvalue weighted by Gasteiger charge is 2.18. The summed E-state index contributed by atoms with van der Waals surface area (Å²) in [5, 5.41) is 8.64. The number of hydrogen-bond donors (Lipinski definition) is 1. The average Bonchev–Trinajstić information content (AvgIpc) is 2.43. The number of fused-ring (bicyclic) bond motifs is 1. The molecule has 0 aromatic heterocycles. The van der Waals surface area contributed by atoms with Crippen LogP contribution >= 0.6 is 0 Å². The van der Waals surface area contributed by atoms with Crippen LogP contribution < -0.4 is 4.74 Å². The molecule has 0 saturated heterocycles. The maximum Gasteiger partial charge on any atom is 0.303 e. The fourth-order valence-electron chi connectivity index (χ4n) is 2.51. The quantitative estimate of drug-likeness (QED) is 0.828. The van der Waals surface area contributed by atoms with Crippen LogP contribution in [-0.4, -0.2) is 24.0 Å². The molecule has 4 nitrogen and oxygen atoms in total. The van der Waals surface area contributed by atoms with Crippen molar-refractivity contribution in [2.75, 3.05) is 7.11 Å². The zero-order valence-corrected chi connectivity index (χ0v) is 11.1. The van der Waals surface area contributed by atoms with Gasteiger partial charge in [0.05, 0.1) is 19.1 Å². The number of benzene rings is 1. The molecule has 0 bridgehead atoms. The maximum atomic E-state index is 12.1. The molecule has 0 spiro atoms. The second-order valence-corrected chi connectivity index (χ2v) is 4.85. The Labute approximate surface area is 112 Å². The van der Waals surface area contributed by atoms with Gasteiger partial charge in [-0.3, -0.25) is 9.59 Å². The second kappa shape index (κ2) is 5.87. The summed E-state index contributed by atoms with van der Waals surface area (Å²) in [6.45, 7) is 0. The number of aliphatic carboxylic acids is 1. The van der Waals surface area contributed by atoms with Gasteiger partial charge in [-0.25, -0.2) is 0 Å². The van der Waals surface area contributed by atoms with Crippen LogP contribution in [-0.2, 0) is 17.6 Å². The fourth-order valence-corrected chi connectivity index (χ4v) is 2.51. The maximum absolute atomic E-state index is 12.1. The van der Waals surface area contributed by atoms with Crippen molar-refractivity contribution in [2.45, 2.75) is 38.5 Å². The van der Waals surface area contributed by atoms with Gasteiger partial charge < -0.3 is 9.84 Å². The molecule has 1 N–H and O–H groups in total. The van der Waals surface area contributed by atoms with Gasteiger partial charge in [-0.2, -0.15) is 0 Å². The molecule has 0 saturated carbocycles. The molecule has 4 heteroatoms. The first-order valence-corrected chi connectivity index (χ1v) is 6.56. The number of aryl methyl sites for hydroxylation is 2. The van der Waals surface area contributed by atoms with Crippen LogP contribution in [0.2, 0.25) is 0 Å². The molecule has 102 valence electrons. The third-order valence-electron chi connectivity index (χ3n) is 3.53. The number of ether oxygens (including phenoxy) is 1. The molecule has 0 radical (unpaired) electrons. The van der Waals surface area contributed by atoms with Crippen LogP contribution in [0, 0.1) is 0 Å². The summed E-state index contributed by atoms with van der Waals surface area (Å²) in [6.07, 6.45) is 4.20. The lowest BCUT2D eigenvalue weighted by molar-refractivity contribution is -0.136. The molecule has 1 aromatic carbocycles. The highest BCUT2D eigenvalue weighted by atomic mass is 16.5. The second-order valence-electron chi connectivity index (χ2n) is 4.85. The minimum atomic E-state index is -0.953. The molecule has 0 amide bonds. The van der Waals surface area contributed by atoms with Crippen molar-refractivity contribution in [1.29, 1.82) is 0 Å². The normalized spacial score (nSPS) is 13.7. The lowest BCUT2D eigenvalue weighted by Crippen LogP contribution is -2.10. The topological polar surface area (TPSA) is 63.6 Å². The van der Waals surface area contributed by atoms with E-state index in [1.807, 2.05) is 12.1 Å². The molecule has 0 atom stereocenters. The molecule has 0 aliphatic heterocycles. The van der Waals surface area contributed by atoms with E-state index in [1.165, 1.54) is 17.5 Å². The Morgan fingerprint density at radius 1 is 1.16 bits per heavy atom. The number of rotatable bonds is 5. The Morgan fingerprint density at radius 3 is 2.37 bits per heavy atom.